The van der Waals surface area contributed by atoms with Crippen LogP contribution in [0.1, 0.15) is 5.56 Å². The van der Waals surface area contributed by atoms with Gasteiger partial charge in [-0.05, 0) is 11.6 Å². The maximum Gasteiger partial charge on any atom is 0.310 e. The molecule has 8 heteroatoms. The lowest BCUT2D eigenvalue weighted by atomic mass is 9.98. The molecule has 0 aliphatic rings. The molecule has 1 aromatic heterocycles. The molecule has 1 heterocycles. The summed E-state index contributed by atoms with van der Waals surface area (Å²) in [4.78, 5) is 23.1. The lowest BCUT2D eigenvalue weighted by Crippen LogP contribution is -2.20. The first-order valence-electron chi connectivity index (χ1n) is 9.92. The lowest BCUT2D eigenvalue weighted by Gasteiger charge is -2.06. The summed E-state index contributed by atoms with van der Waals surface area (Å²) in [7, 11) is 0. The van der Waals surface area contributed by atoms with Crippen molar-refractivity contribution in [3.8, 4) is 34.3 Å². The predicted molar refractivity (Wildman–Crippen MR) is 122 cm³/mol. The number of ether oxygens (including phenoxy) is 1. The molecule has 0 radical (unpaired) electrons. The van der Waals surface area contributed by atoms with Crippen LogP contribution in [0.3, 0.4) is 0 Å². The van der Waals surface area contributed by atoms with Gasteiger partial charge >= 0.3 is 5.69 Å². The third-order valence-electron chi connectivity index (χ3n) is 4.79. The number of benzene rings is 3. The fraction of sp³-hybridized carbons (Fsp3) is 0.0400. The van der Waals surface area contributed by atoms with Crippen molar-refractivity contribution in [3.63, 3.8) is 0 Å². The number of nitrogens with one attached hydrogen (secondary N) is 1. The van der Waals surface area contributed by atoms with Crippen LogP contribution in [-0.4, -0.2) is 17.4 Å². The van der Waals surface area contributed by atoms with Crippen LogP contribution in [0.25, 0.3) is 22.5 Å². The normalized spacial score (nSPS) is 10.3. The van der Waals surface area contributed by atoms with Crippen LogP contribution in [0.15, 0.2) is 89.3 Å². The second-order valence-electron chi connectivity index (χ2n) is 6.92. The molecule has 0 aliphatic heterocycles. The zero-order valence-corrected chi connectivity index (χ0v) is 17.2. The molecule has 1 amide bonds. The number of nitrogens with zero attached hydrogens (tertiary/aromatic N) is 2. The van der Waals surface area contributed by atoms with Gasteiger partial charge < -0.3 is 9.15 Å². The van der Waals surface area contributed by atoms with Crippen LogP contribution in [0, 0.1) is 21.4 Å². The highest BCUT2D eigenvalue weighted by Crippen LogP contribution is 2.41. The topological polar surface area (TPSA) is 118 Å². The van der Waals surface area contributed by atoms with E-state index in [0.29, 0.717) is 11.3 Å². The Morgan fingerprint density at radius 1 is 0.970 bits per heavy atom. The van der Waals surface area contributed by atoms with Gasteiger partial charge in [0.2, 0.25) is 5.88 Å². The highest BCUT2D eigenvalue weighted by atomic mass is 16.6. The van der Waals surface area contributed by atoms with Crippen molar-refractivity contribution in [1.82, 2.24) is 0 Å². The Kier molecular flexibility index (Phi) is 6.14. The number of carbonyl (C=O) groups excluding carboxylic acids is 1. The second kappa shape index (κ2) is 9.49. The number of amides is 1. The summed E-state index contributed by atoms with van der Waals surface area (Å²) in [6.45, 7) is -0.502. The molecule has 4 rings (SSSR count). The molecule has 8 nitrogen and oxygen atoms in total. The molecule has 1 N–H and O–H groups in total. The lowest BCUT2D eigenvalue weighted by molar-refractivity contribution is -0.385. The molecule has 0 aliphatic carbocycles. The van der Waals surface area contributed by atoms with Gasteiger partial charge in [0.1, 0.15) is 17.4 Å². The SMILES string of the molecule is N#Cc1c(NC(=O)COc2ccccc2[N+](=O)[O-])oc(-c2ccccc2)c1-c1ccccc1. The largest absolute Gasteiger partial charge is 0.477 e. The second-order valence-corrected chi connectivity index (χ2v) is 6.92. The summed E-state index contributed by atoms with van der Waals surface area (Å²) >= 11 is 0. The quantitative estimate of drug-likeness (QED) is 0.304. The third kappa shape index (κ3) is 4.57. The number of nitro benzene ring substituents is 1. The van der Waals surface area contributed by atoms with Gasteiger partial charge in [-0.1, -0.05) is 72.8 Å². The van der Waals surface area contributed by atoms with Gasteiger partial charge in [-0.25, -0.2) is 0 Å². The average molecular weight is 439 g/mol. The zero-order chi connectivity index (χ0) is 23.2. The number of furan rings is 1. The predicted octanol–water partition coefficient (Wildman–Crippen LogP) is 5.41. The van der Waals surface area contributed by atoms with Crippen LogP contribution in [-0.2, 0) is 4.79 Å². The molecule has 33 heavy (non-hydrogen) atoms. The van der Waals surface area contributed by atoms with Crippen molar-refractivity contribution in [1.29, 1.82) is 5.26 Å². The van der Waals surface area contributed by atoms with Crippen molar-refractivity contribution in [3.05, 3.63) is 101 Å². The first-order chi connectivity index (χ1) is 16.1. The fourth-order valence-electron chi connectivity index (χ4n) is 3.33. The minimum absolute atomic E-state index is 0.0219. The standard InChI is InChI=1S/C25H17N3O5/c26-15-19-23(17-9-3-1-4-10-17)24(18-11-5-2-6-12-18)33-25(19)27-22(29)16-32-21-14-8-7-13-20(21)28(30)31/h1-14H,16H2,(H,27,29). The minimum Gasteiger partial charge on any atom is -0.477 e. The van der Waals surface area contributed by atoms with Crippen LogP contribution in [0.2, 0.25) is 0 Å². The summed E-state index contributed by atoms with van der Waals surface area (Å²) in [5.41, 5.74) is 1.97. The number of para-hydroxylation sites is 2. The summed E-state index contributed by atoms with van der Waals surface area (Å²) in [5.74, 6) is -0.246. The Labute approximate surface area is 188 Å². The zero-order valence-electron chi connectivity index (χ0n) is 17.2. The van der Waals surface area contributed by atoms with Crippen molar-refractivity contribution in [2.75, 3.05) is 11.9 Å². The van der Waals surface area contributed by atoms with Gasteiger partial charge in [-0.15, -0.1) is 0 Å². The van der Waals surface area contributed by atoms with Gasteiger partial charge in [0.25, 0.3) is 5.91 Å². The molecular weight excluding hydrogens is 422 g/mol. The minimum atomic E-state index is -0.627. The molecule has 0 bridgehead atoms. The van der Waals surface area contributed by atoms with Crippen LogP contribution in [0.4, 0.5) is 11.6 Å². The Hall–Kier alpha value is -4.90. The summed E-state index contributed by atoms with van der Waals surface area (Å²) in [6, 6.07) is 26.4. The number of nitro groups is 1. The maximum atomic E-state index is 12.6. The first-order valence-corrected chi connectivity index (χ1v) is 9.92. The van der Waals surface area contributed by atoms with E-state index in [9.17, 15) is 20.2 Å². The molecule has 0 fully saturated rings. The number of carbonyl (C=O) groups is 1. The molecule has 0 atom stereocenters. The van der Waals surface area contributed by atoms with E-state index in [-0.39, 0.29) is 22.9 Å². The first kappa shape index (κ1) is 21.3. The highest BCUT2D eigenvalue weighted by Gasteiger charge is 2.24. The molecule has 0 unspecified atom stereocenters. The maximum absolute atomic E-state index is 12.6. The number of nitriles is 1. The van der Waals surface area contributed by atoms with Gasteiger partial charge in [0.05, 0.1) is 4.92 Å². The Bertz CT molecular complexity index is 1340. The highest BCUT2D eigenvalue weighted by molar-refractivity contribution is 5.96. The van der Waals surface area contributed by atoms with E-state index < -0.39 is 17.4 Å². The molecular formula is C25H17N3O5. The van der Waals surface area contributed by atoms with E-state index >= 15 is 0 Å². The smallest absolute Gasteiger partial charge is 0.310 e. The number of anilines is 1. The molecule has 4 aromatic rings. The van der Waals surface area contributed by atoms with Crippen molar-refractivity contribution < 1.29 is 18.9 Å². The van der Waals surface area contributed by atoms with E-state index in [1.54, 1.807) is 6.07 Å². The van der Waals surface area contributed by atoms with E-state index in [0.717, 1.165) is 11.1 Å². The van der Waals surface area contributed by atoms with Crippen LogP contribution in [0.5, 0.6) is 5.75 Å². The summed E-state index contributed by atoms with van der Waals surface area (Å²) in [5, 5.41) is 23.6. The van der Waals surface area contributed by atoms with E-state index in [2.05, 4.69) is 11.4 Å². The molecule has 3 aromatic carbocycles. The van der Waals surface area contributed by atoms with Crippen molar-refractivity contribution in [2.45, 2.75) is 0 Å². The number of hydrogen-bond acceptors (Lipinski definition) is 6. The number of rotatable bonds is 7. The van der Waals surface area contributed by atoms with Crippen LogP contribution < -0.4 is 10.1 Å². The van der Waals surface area contributed by atoms with Gasteiger partial charge in [-0.2, -0.15) is 5.26 Å². The summed E-state index contributed by atoms with van der Waals surface area (Å²) in [6.07, 6.45) is 0. The van der Waals surface area contributed by atoms with E-state index in [1.807, 2.05) is 60.7 Å². The Morgan fingerprint density at radius 3 is 2.21 bits per heavy atom. The van der Waals surface area contributed by atoms with Gasteiger partial charge in [0, 0.05) is 17.2 Å². The molecule has 0 spiro atoms. The van der Waals surface area contributed by atoms with Crippen molar-refractivity contribution >= 4 is 17.5 Å². The molecule has 0 saturated heterocycles. The molecule has 162 valence electrons. The van der Waals surface area contributed by atoms with Crippen molar-refractivity contribution in [2.24, 2.45) is 0 Å². The Morgan fingerprint density at radius 2 is 1.58 bits per heavy atom. The van der Waals surface area contributed by atoms with E-state index in [1.165, 1.54) is 18.2 Å². The third-order valence-corrected chi connectivity index (χ3v) is 4.79. The Balaban J connectivity index is 1.65. The van der Waals surface area contributed by atoms with Gasteiger partial charge in [-0.3, -0.25) is 20.2 Å². The number of hydrogen-bond donors (Lipinski definition) is 1. The monoisotopic (exact) mass is 439 g/mol. The fourth-order valence-corrected chi connectivity index (χ4v) is 3.33. The molecule has 0 saturated carbocycles. The summed E-state index contributed by atoms with van der Waals surface area (Å²) < 4.78 is 11.3. The average Bonchev–Trinajstić information content (AvgIpc) is 3.22. The van der Waals surface area contributed by atoms with E-state index in [4.69, 9.17) is 9.15 Å². The van der Waals surface area contributed by atoms with Gasteiger partial charge in [0.15, 0.2) is 12.4 Å². The van der Waals surface area contributed by atoms with Crippen LogP contribution >= 0.6 is 0 Å².